The number of carboxylic acids is 1. The number of rotatable bonds is 10. The number of benzene rings is 3. The van der Waals surface area contributed by atoms with Gasteiger partial charge >= 0.3 is 5.97 Å². The summed E-state index contributed by atoms with van der Waals surface area (Å²) < 4.78 is 5.95. The number of oxazole rings is 1. The van der Waals surface area contributed by atoms with Crippen LogP contribution in [0.3, 0.4) is 0 Å². The molecule has 0 spiro atoms. The minimum atomic E-state index is -0.781. The molecule has 1 heterocycles. The van der Waals surface area contributed by atoms with Gasteiger partial charge in [0.1, 0.15) is 5.52 Å². The average Bonchev–Trinajstić information content (AvgIpc) is 3.56. The topological polar surface area (TPSA) is 87.4 Å². The highest BCUT2D eigenvalue weighted by Gasteiger charge is 2.26. The number of hydrogen-bond acceptors (Lipinski definition) is 5. The summed E-state index contributed by atoms with van der Waals surface area (Å²) in [5, 5.41) is 15.7. The van der Waals surface area contributed by atoms with Crippen molar-refractivity contribution in [2.24, 2.45) is 5.92 Å². The summed E-state index contributed by atoms with van der Waals surface area (Å²) in [7, 11) is 0. The van der Waals surface area contributed by atoms with Gasteiger partial charge in [0, 0.05) is 24.3 Å². The molecule has 1 fully saturated rings. The molecular formula is C29H31N3O3. The molecule has 0 bridgehead atoms. The molecule has 6 nitrogen and oxygen atoms in total. The van der Waals surface area contributed by atoms with Crippen LogP contribution in [0.5, 0.6) is 0 Å². The van der Waals surface area contributed by atoms with Crippen molar-refractivity contribution in [2.75, 3.05) is 11.9 Å². The fraction of sp³-hybridized carbons (Fsp3) is 0.310. The Morgan fingerprint density at radius 1 is 1.00 bits per heavy atom. The summed E-state index contributed by atoms with van der Waals surface area (Å²) >= 11 is 0. The fourth-order valence-electron chi connectivity index (χ4n) is 4.92. The highest BCUT2D eigenvalue weighted by molar-refractivity contribution is 5.76. The molecule has 1 aromatic heterocycles. The van der Waals surface area contributed by atoms with Crippen LogP contribution < -0.4 is 10.6 Å². The third-order valence-electron chi connectivity index (χ3n) is 6.80. The second-order valence-corrected chi connectivity index (χ2v) is 9.29. The molecule has 1 saturated carbocycles. The van der Waals surface area contributed by atoms with Crippen LogP contribution in [-0.4, -0.2) is 22.6 Å². The Balaban J connectivity index is 1.29. The number of para-hydroxylation sites is 2. The molecule has 1 atom stereocenters. The van der Waals surface area contributed by atoms with Crippen molar-refractivity contribution < 1.29 is 14.3 Å². The van der Waals surface area contributed by atoms with Crippen molar-refractivity contribution in [3.05, 3.63) is 83.9 Å². The number of fused-ring (bicyclic) bond motifs is 1. The monoisotopic (exact) mass is 469 g/mol. The number of nitrogens with one attached hydrogen (secondary N) is 2. The predicted molar refractivity (Wildman–Crippen MR) is 138 cm³/mol. The highest BCUT2D eigenvalue weighted by Crippen LogP contribution is 2.38. The zero-order valence-corrected chi connectivity index (χ0v) is 19.7. The number of anilines is 1. The normalized spacial score (nSPS) is 14.9. The zero-order valence-electron chi connectivity index (χ0n) is 19.7. The number of aromatic nitrogens is 1. The fourth-order valence-corrected chi connectivity index (χ4v) is 4.92. The molecule has 3 aromatic carbocycles. The SMILES string of the molecule is O=C(O)CCNCc1ccc(N[C@@H](c2ccc(-c3nc4ccccc4o3)cc2)C2CCCC2)cc1. The molecule has 0 aliphatic heterocycles. The van der Waals surface area contributed by atoms with E-state index in [1.165, 1.54) is 31.2 Å². The molecule has 4 aromatic rings. The van der Waals surface area contributed by atoms with Crippen LogP contribution in [0, 0.1) is 5.92 Å². The van der Waals surface area contributed by atoms with Gasteiger partial charge in [0.25, 0.3) is 0 Å². The van der Waals surface area contributed by atoms with Crippen LogP contribution in [0.15, 0.2) is 77.2 Å². The van der Waals surface area contributed by atoms with Crippen molar-refractivity contribution >= 4 is 22.8 Å². The van der Waals surface area contributed by atoms with Gasteiger partial charge < -0.3 is 20.2 Å². The quantitative estimate of drug-likeness (QED) is 0.233. The van der Waals surface area contributed by atoms with Crippen LogP contribution in [0.1, 0.15) is 49.3 Å². The molecule has 5 rings (SSSR count). The lowest BCUT2D eigenvalue weighted by atomic mass is 9.90. The largest absolute Gasteiger partial charge is 0.481 e. The Labute approximate surface area is 205 Å². The van der Waals surface area contributed by atoms with Crippen molar-refractivity contribution in [3.8, 4) is 11.5 Å². The summed E-state index contributed by atoms with van der Waals surface area (Å²) in [4.78, 5) is 15.3. The maximum Gasteiger partial charge on any atom is 0.304 e. The van der Waals surface area contributed by atoms with Crippen LogP contribution in [0.2, 0.25) is 0 Å². The lowest BCUT2D eigenvalue weighted by molar-refractivity contribution is -0.136. The molecule has 35 heavy (non-hydrogen) atoms. The molecule has 0 amide bonds. The van der Waals surface area contributed by atoms with Crippen LogP contribution in [0.4, 0.5) is 5.69 Å². The van der Waals surface area contributed by atoms with Gasteiger partial charge in [0.05, 0.1) is 12.5 Å². The van der Waals surface area contributed by atoms with Gasteiger partial charge in [-0.25, -0.2) is 4.98 Å². The second kappa shape index (κ2) is 10.7. The van der Waals surface area contributed by atoms with Crippen molar-refractivity contribution in [1.82, 2.24) is 10.3 Å². The van der Waals surface area contributed by atoms with Crippen molar-refractivity contribution in [2.45, 2.75) is 44.7 Å². The van der Waals surface area contributed by atoms with Gasteiger partial charge in [-0.3, -0.25) is 4.79 Å². The molecule has 1 aliphatic carbocycles. The van der Waals surface area contributed by atoms with E-state index in [4.69, 9.17) is 9.52 Å². The van der Waals surface area contributed by atoms with E-state index in [1.54, 1.807) is 0 Å². The summed E-state index contributed by atoms with van der Waals surface area (Å²) in [5.74, 6) is 0.468. The Hall–Kier alpha value is -3.64. The zero-order chi connectivity index (χ0) is 24.0. The van der Waals surface area contributed by atoms with Gasteiger partial charge in [-0.05, 0) is 66.3 Å². The van der Waals surface area contributed by atoms with Crippen LogP contribution in [0.25, 0.3) is 22.6 Å². The van der Waals surface area contributed by atoms with Crippen molar-refractivity contribution in [3.63, 3.8) is 0 Å². The van der Waals surface area contributed by atoms with Crippen LogP contribution >= 0.6 is 0 Å². The second-order valence-electron chi connectivity index (χ2n) is 9.29. The minimum absolute atomic E-state index is 0.133. The maximum atomic E-state index is 10.7. The molecule has 0 unspecified atom stereocenters. The van der Waals surface area contributed by atoms with E-state index in [0.29, 0.717) is 24.9 Å². The first-order valence-corrected chi connectivity index (χ1v) is 12.4. The summed E-state index contributed by atoms with van der Waals surface area (Å²) in [6.07, 6.45) is 5.16. The average molecular weight is 470 g/mol. The lowest BCUT2D eigenvalue weighted by Gasteiger charge is -2.26. The van der Waals surface area contributed by atoms with Gasteiger partial charge in [-0.1, -0.05) is 49.2 Å². The lowest BCUT2D eigenvalue weighted by Crippen LogP contribution is -2.19. The van der Waals surface area contributed by atoms with Crippen molar-refractivity contribution in [1.29, 1.82) is 0 Å². The Bertz CT molecular complexity index is 1230. The standard InChI is InChI=1S/C29H31N3O3/c33-27(34)17-18-30-19-20-9-15-24(16-10-20)31-28(21-5-1-2-6-21)22-11-13-23(14-12-22)29-32-25-7-3-4-8-26(25)35-29/h3-4,7-16,21,28,30-31H,1-2,5-6,17-19H2,(H,33,34)/t28-/m1/s1. The highest BCUT2D eigenvalue weighted by atomic mass is 16.4. The minimum Gasteiger partial charge on any atom is -0.481 e. The Morgan fingerprint density at radius 2 is 1.74 bits per heavy atom. The van der Waals surface area contributed by atoms with Gasteiger partial charge in [-0.2, -0.15) is 0 Å². The number of carboxylic acid groups (broad SMARTS) is 1. The van der Waals surface area contributed by atoms with E-state index >= 15 is 0 Å². The Kier molecular flexibility index (Phi) is 7.09. The first-order valence-electron chi connectivity index (χ1n) is 12.4. The van der Waals surface area contributed by atoms with E-state index < -0.39 is 5.97 Å². The van der Waals surface area contributed by atoms with E-state index in [-0.39, 0.29) is 12.5 Å². The molecule has 1 aliphatic rings. The number of carbonyl (C=O) groups is 1. The summed E-state index contributed by atoms with van der Waals surface area (Å²) in [6.45, 7) is 1.13. The van der Waals surface area contributed by atoms with E-state index in [9.17, 15) is 4.79 Å². The predicted octanol–water partition coefficient (Wildman–Crippen LogP) is 6.40. The Morgan fingerprint density at radius 3 is 2.46 bits per heavy atom. The van der Waals surface area contributed by atoms with E-state index in [2.05, 4.69) is 64.1 Å². The molecule has 180 valence electrons. The van der Waals surface area contributed by atoms with E-state index in [0.717, 1.165) is 27.9 Å². The first-order chi connectivity index (χ1) is 17.2. The first kappa shape index (κ1) is 23.1. The molecule has 0 saturated heterocycles. The van der Waals surface area contributed by atoms with Gasteiger partial charge in [0.2, 0.25) is 5.89 Å². The van der Waals surface area contributed by atoms with Gasteiger partial charge in [-0.15, -0.1) is 0 Å². The van der Waals surface area contributed by atoms with Gasteiger partial charge in [0.15, 0.2) is 5.58 Å². The number of aliphatic carboxylic acids is 1. The molecule has 6 heteroatoms. The third kappa shape index (κ3) is 5.72. The maximum absolute atomic E-state index is 10.7. The smallest absolute Gasteiger partial charge is 0.304 e. The molecule has 3 N–H and O–H groups in total. The third-order valence-corrected chi connectivity index (χ3v) is 6.80. The number of hydrogen-bond donors (Lipinski definition) is 3. The molecular weight excluding hydrogens is 438 g/mol. The number of nitrogens with zero attached hydrogens (tertiary/aromatic N) is 1. The van der Waals surface area contributed by atoms with E-state index in [1.807, 2.05) is 24.3 Å². The summed E-state index contributed by atoms with van der Waals surface area (Å²) in [5.41, 5.74) is 6.17. The molecule has 0 radical (unpaired) electrons. The van der Waals surface area contributed by atoms with Crippen LogP contribution in [-0.2, 0) is 11.3 Å². The summed E-state index contributed by atoms with van der Waals surface area (Å²) in [6, 6.07) is 25.1.